The van der Waals surface area contributed by atoms with E-state index in [2.05, 4.69) is 4.90 Å². The molecule has 1 aliphatic heterocycles. The summed E-state index contributed by atoms with van der Waals surface area (Å²) in [7, 11) is 1.60. The maximum atomic E-state index is 12.6. The Hall–Kier alpha value is -3.00. The van der Waals surface area contributed by atoms with Crippen molar-refractivity contribution in [2.75, 3.05) is 33.3 Å². The first-order valence-corrected chi connectivity index (χ1v) is 10.4. The van der Waals surface area contributed by atoms with Crippen LogP contribution in [0.4, 0.5) is 4.79 Å². The van der Waals surface area contributed by atoms with Crippen LogP contribution in [0.15, 0.2) is 41.3 Å². The zero-order chi connectivity index (χ0) is 22.6. The SMILES string of the molecule is COc1ccc(Cn2ccc(CN3CCN(C(=O)OC(C)(C)C)CC3)c(O)c2=O)cc1. The minimum atomic E-state index is -0.518. The summed E-state index contributed by atoms with van der Waals surface area (Å²) in [5.41, 5.74) is 0.589. The van der Waals surface area contributed by atoms with Crippen molar-refractivity contribution in [3.8, 4) is 11.5 Å². The molecule has 0 aliphatic carbocycles. The van der Waals surface area contributed by atoms with E-state index >= 15 is 0 Å². The van der Waals surface area contributed by atoms with Gasteiger partial charge in [0.15, 0.2) is 5.75 Å². The molecule has 0 atom stereocenters. The van der Waals surface area contributed by atoms with Gasteiger partial charge >= 0.3 is 6.09 Å². The van der Waals surface area contributed by atoms with E-state index in [4.69, 9.17) is 9.47 Å². The fourth-order valence-electron chi connectivity index (χ4n) is 3.44. The normalized spacial score (nSPS) is 15.0. The van der Waals surface area contributed by atoms with Crippen LogP contribution in [-0.4, -0.2) is 64.5 Å². The Morgan fingerprint density at radius 2 is 1.68 bits per heavy atom. The number of benzene rings is 1. The molecule has 1 aromatic carbocycles. The number of carbonyl (C=O) groups excluding carboxylic acids is 1. The molecule has 0 radical (unpaired) electrons. The number of carbonyl (C=O) groups is 1. The van der Waals surface area contributed by atoms with Gasteiger partial charge in [0.1, 0.15) is 11.4 Å². The zero-order valence-electron chi connectivity index (χ0n) is 18.6. The molecule has 2 heterocycles. The molecule has 1 aromatic heterocycles. The van der Waals surface area contributed by atoms with Gasteiger partial charge in [0.05, 0.1) is 13.7 Å². The summed E-state index contributed by atoms with van der Waals surface area (Å²) in [5.74, 6) is 0.520. The number of nitrogens with zero attached hydrogens (tertiary/aromatic N) is 3. The van der Waals surface area contributed by atoms with Gasteiger partial charge < -0.3 is 24.0 Å². The minimum Gasteiger partial charge on any atom is -0.503 e. The molecule has 1 N–H and O–H groups in total. The molecule has 8 nitrogen and oxygen atoms in total. The molecule has 0 unspecified atom stereocenters. The van der Waals surface area contributed by atoms with Crippen LogP contribution in [0.5, 0.6) is 11.5 Å². The second-order valence-corrected chi connectivity index (χ2v) is 8.71. The molecule has 1 fully saturated rings. The molecule has 168 valence electrons. The number of ether oxygens (including phenoxy) is 2. The van der Waals surface area contributed by atoms with Crippen molar-refractivity contribution < 1.29 is 19.4 Å². The highest BCUT2D eigenvalue weighted by molar-refractivity contribution is 5.68. The number of aromatic hydroxyl groups is 1. The summed E-state index contributed by atoms with van der Waals surface area (Å²) >= 11 is 0. The van der Waals surface area contributed by atoms with E-state index in [1.165, 1.54) is 4.57 Å². The number of aromatic nitrogens is 1. The third kappa shape index (κ3) is 6.01. The molecule has 1 aliphatic rings. The van der Waals surface area contributed by atoms with Gasteiger partial charge in [-0.3, -0.25) is 9.69 Å². The van der Waals surface area contributed by atoms with Crippen molar-refractivity contribution in [3.63, 3.8) is 0 Å². The molecule has 31 heavy (non-hydrogen) atoms. The van der Waals surface area contributed by atoms with Crippen molar-refractivity contribution in [1.29, 1.82) is 0 Å². The van der Waals surface area contributed by atoms with Crippen molar-refractivity contribution in [1.82, 2.24) is 14.4 Å². The molecule has 3 rings (SSSR count). The Bertz CT molecular complexity index is 955. The number of hydrogen-bond donors (Lipinski definition) is 1. The Morgan fingerprint density at radius 1 is 1.03 bits per heavy atom. The average molecular weight is 430 g/mol. The number of pyridine rings is 1. The van der Waals surface area contributed by atoms with Crippen molar-refractivity contribution in [2.45, 2.75) is 39.5 Å². The van der Waals surface area contributed by atoms with Gasteiger partial charge in [-0.15, -0.1) is 0 Å². The third-order valence-electron chi connectivity index (χ3n) is 5.15. The molecular weight excluding hydrogens is 398 g/mol. The van der Waals surface area contributed by atoms with Crippen LogP contribution < -0.4 is 10.3 Å². The lowest BCUT2D eigenvalue weighted by molar-refractivity contribution is 0.0138. The van der Waals surface area contributed by atoms with E-state index in [9.17, 15) is 14.7 Å². The number of methoxy groups -OCH3 is 1. The second kappa shape index (κ2) is 9.43. The van der Waals surface area contributed by atoms with Crippen LogP contribution in [-0.2, 0) is 17.8 Å². The molecule has 8 heteroatoms. The highest BCUT2D eigenvalue weighted by Gasteiger charge is 2.26. The molecule has 1 saturated heterocycles. The first-order valence-electron chi connectivity index (χ1n) is 10.4. The molecule has 1 amide bonds. The van der Waals surface area contributed by atoms with Gasteiger partial charge in [-0.2, -0.15) is 0 Å². The van der Waals surface area contributed by atoms with E-state index in [1.54, 1.807) is 24.3 Å². The van der Waals surface area contributed by atoms with Gasteiger partial charge in [-0.25, -0.2) is 4.79 Å². The van der Waals surface area contributed by atoms with Crippen LogP contribution in [0.1, 0.15) is 31.9 Å². The summed E-state index contributed by atoms with van der Waals surface area (Å²) in [5, 5.41) is 10.5. The summed E-state index contributed by atoms with van der Waals surface area (Å²) < 4.78 is 12.1. The van der Waals surface area contributed by atoms with E-state index < -0.39 is 11.2 Å². The van der Waals surface area contributed by atoms with Crippen molar-refractivity contribution >= 4 is 6.09 Å². The van der Waals surface area contributed by atoms with E-state index in [1.807, 2.05) is 45.0 Å². The maximum absolute atomic E-state index is 12.6. The first-order chi connectivity index (χ1) is 14.7. The topological polar surface area (TPSA) is 84.2 Å². The van der Waals surface area contributed by atoms with Crippen molar-refractivity contribution in [3.05, 3.63) is 58.0 Å². The minimum absolute atomic E-state index is 0.231. The second-order valence-electron chi connectivity index (χ2n) is 8.71. The summed E-state index contributed by atoms with van der Waals surface area (Å²) in [6.45, 7) is 8.75. The fourth-order valence-corrected chi connectivity index (χ4v) is 3.44. The van der Waals surface area contributed by atoms with E-state index in [0.717, 1.165) is 11.3 Å². The average Bonchev–Trinajstić information content (AvgIpc) is 2.73. The lowest BCUT2D eigenvalue weighted by atomic mass is 10.2. The monoisotopic (exact) mass is 429 g/mol. The standard InChI is InChI=1S/C23H31N3O5/c1-23(2,3)31-22(29)25-13-11-24(12-14-25)16-18-9-10-26(21(28)20(18)27)15-17-5-7-19(30-4)8-6-17/h5-10,27H,11-16H2,1-4H3. The van der Waals surface area contributed by atoms with Crippen LogP contribution in [0.3, 0.4) is 0 Å². The highest BCUT2D eigenvalue weighted by Crippen LogP contribution is 2.18. The predicted molar refractivity (Wildman–Crippen MR) is 118 cm³/mol. The predicted octanol–water partition coefficient (Wildman–Crippen LogP) is 2.66. The highest BCUT2D eigenvalue weighted by atomic mass is 16.6. The maximum Gasteiger partial charge on any atom is 0.410 e. The third-order valence-corrected chi connectivity index (χ3v) is 5.15. The Labute approximate surface area is 182 Å². The number of rotatable bonds is 5. The largest absolute Gasteiger partial charge is 0.503 e. The lowest BCUT2D eigenvalue weighted by Gasteiger charge is -2.35. The zero-order valence-corrected chi connectivity index (χ0v) is 18.6. The fraction of sp³-hybridized carbons (Fsp3) is 0.478. The van der Waals surface area contributed by atoms with E-state index in [0.29, 0.717) is 44.8 Å². The summed E-state index contributed by atoms with van der Waals surface area (Å²) in [6.07, 6.45) is 1.40. The van der Waals surface area contributed by atoms with E-state index in [-0.39, 0.29) is 11.8 Å². The van der Waals surface area contributed by atoms with Gasteiger partial charge in [-0.05, 0) is 44.5 Å². The van der Waals surface area contributed by atoms with Crippen molar-refractivity contribution in [2.24, 2.45) is 0 Å². The Kier molecular flexibility index (Phi) is 6.90. The van der Waals surface area contributed by atoms with Crippen LogP contribution >= 0.6 is 0 Å². The number of piperazine rings is 1. The summed E-state index contributed by atoms with van der Waals surface area (Å²) in [4.78, 5) is 28.6. The quantitative estimate of drug-likeness (QED) is 0.787. The van der Waals surface area contributed by atoms with Gasteiger partial charge in [0, 0.05) is 44.5 Å². The first kappa shape index (κ1) is 22.7. The lowest BCUT2D eigenvalue weighted by Crippen LogP contribution is -2.49. The molecular formula is C23H31N3O5. The Balaban J connectivity index is 1.60. The molecule has 2 aromatic rings. The van der Waals surface area contributed by atoms with Gasteiger partial charge in [0.25, 0.3) is 5.56 Å². The van der Waals surface area contributed by atoms with Gasteiger partial charge in [0.2, 0.25) is 0 Å². The number of amides is 1. The molecule has 0 spiro atoms. The summed E-state index contributed by atoms with van der Waals surface area (Å²) in [6, 6.07) is 9.23. The number of hydrogen-bond acceptors (Lipinski definition) is 6. The molecule has 0 bridgehead atoms. The van der Waals surface area contributed by atoms with Crippen LogP contribution in [0.2, 0.25) is 0 Å². The van der Waals surface area contributed by atoms with Gasteiger partial charge in [-0.1, -0.05) is 12.1 Å². The Morgan fingerprint density at radius 3 is 2.26 bits per heavy atom. The van der Waals surface area contributed by atoms with Crippen LogP contribution in [0.25, 0.3) is 0 Å². The molecule has 0 saturated carbocycles. The smallest absolute Gasteiger partial charge is 0.410 e. The van der Waals surface area contributed by atoms with Crippen LogP contribution in [0, 0.1) is 0 Å².